The SMILES string of the molecule is CCCCCCCCCCNS(=O)(=O)c1cc(Cl)c(Br)s1. The zero-order valence-electron chi connectivity index (χ0n) is 12.3. The van der Waals surface area contributed by atoms with Gasteiger partial charge in [-0.2, -0.15) is 0 Å². The van der Waals surface area contributed by atoms with E-state index < -0.39 is 10.0 Å². The summed E-state index contributed by atoms with van der Waals surface area (Å²) in [4.78, 5) is 0. The molecule has 0 amide bonds. The third-order valence-corrected chi connectivity index (χ3v) is 7.62. The van der Waals surface area contributed by atoms with Crippen molar-refractivity contribution >= 4 is 48.9 Å². The molecule has 21 heavy (non-hydrogen) atoms. The molecule has 3 nitrogen and oxygen atoms in total. The molecule has 1 aromatic heterocycles. The number of sulfonamides is 1. The maximum absolute atomic E-state index is 12.0. The molecule has 0 atom stereocenters. The van der Waals surface area contributed by atoms with Crippen molar-refractivity contribution in [3.05, 3.63) is 14.9 Å². The Labute approximate surface area is 145 Å². The van der Waals surface area contributed by atoms with Gasteiger partial charge in [0.1, 0.15) is 4.21 Å². The average Bonchev–Trinajstić information content (AvgIpc) is 2.78. The highest BCUT2D eigenvalue weighted by Gasteiger charge is 2.18. The van der Waals surface area contributed by atoms with Gasteiger partial charge in [0, 0.05) is 6.54 Å². The molecule has 0 spiro atoms. The molecule has 1 N–H and O–H groups in total. The van der Waals surface area contributed by atoms with E-state index in [4.69, 9.17) is 11.6 Å². The van der Waals surface area contributed by atoms with E-state index in [-0.39, 0.29) is 4.21 Å². The Balaban J connectivity index is 2.17. The quantitative estimate of drug-likeness (QED) is 0.478. The molecule has 0 aromatic carbocycles. The summed E-state index contributed by atoms with van der Waals surface area (Å²) in [5, 5.41) is 0.437. The van der Waals surface area contributed by atoms with Crippen molar-refractivity contribution in [2.24, 2.45) is 0 Å². The lowest BCUT2D eigenvalue weighted by Crippen LogP contribution is -2.23. The first-order valence-corrected chi connectivity index (χ1v) is 10.9. The fraction of sp³-hybridized carbons (Fsp3) is 0.714. The Morgan fingerprint density at radius 2 is 1.71 bits per heavy atom. The Morgan fingerprint density at radius 1 is 1.14 bits per heavy atom. The molecule has 0 aliphatic rings. The van der Waals surface area contributed by atoms with Crippen LogP contribution in [0.15, 0.2) is 14.1 Å². The normalized spacial score (nSPS) is 12.0. The summed E-state index contributed by atoms with van der Waals surface area (Å²) in [6.07, 6.45) is 9.58. The third kappa shape index (κ3) is 7.46. The fourth-order valence-electron chi connectivity index (χ4n) is 2.00. The summed E-state index contributed by atoms with van der Waals surface area (Å²) >= 11 is 10.2. The van der Waals surface area contributed by atoms with Gasteiger partial charge in [-0.15, -0.1) is 11.3 Å². The third-order valence-electron chi connectivity index (χ3n) is 3.21. The smallest absolute Gasteiger partial charge is 0.210 e. The van der Waals surface area contributed by atoms with Crippen molar-refractivity contribution in [3.8, 4) is 0 Å². The summed E-state index contributed by atoms with van der Waals surface area (Å²) in [6.45, 7) is 2.70. The van der Waals surface area contributed by atoms with Crippen molar-refractivity contribution in [3.63, 3.8) is 0 Å². The number of unbranched alkanes of at least 4 members (excludes halogenated alkanes) is 7. The lowest BCUT2D eigenvalue weighted by Gasteiger charge is -2.04. The fourth-order valence-corrected chi connectivity index (χ4v) is 5.51. The number of hydrogen-bond donors (Lipinski definition) is 1. The molecule has 0 aliphatic heterocycles. The Morgan fingerprint density at radius 3 is 2.24 bits per heavy atom. The van der Waals surface area contributed by atoms with Crippen molar-refractivity contribution < 1.29 is 8.42 Å². The van der Waals surface area contributed by atoms with E-state index in [0.29, 0.717) is 15.4 Å². The summed E-state index contributed by atoms with van der Waals surface area (Å²) < 4.78 is 27.6. The second-order valence-corrected chi connectivity index (χ2v) is 9.83. The Bertz CT molecular complexity index is 498. The topological polar surface area (TPSA) is 46.2 Å². The van der Waals surface area contributed by atoms with Gasteiger partial charge in [-0.3, -0.25) is 0 Å². The van der Waals surface area contributed by atoms with Crippen LogP contribution in [0.5, 0.6) is 0 Å². The van der Waals surface area contributed by atoms with E-state index in [2.05, 4.69) is 27.6 Å². The molecule has 1 rings (SSSR count). The maximum Gasteiger partial charge on any atom is 0.250 e. The van der Waals surface area contributed by atoms with Crippen molar-refractivity contribution in [2.75, 3.05) is 6.54 Å². The second-order valence-electron chi connectivity index (χ2n) is 5.06. The van der Waals surface area contributed by atoms with Crippen LogP contribution in [0.3, 0.4) is 0 Å². The van der Waals surface area contributed by atoms with Gasteiger partial charge in [0.05, 0.1) is 8.81 Å². The van der Waals surface area contributed by atoms with Crippen molar-refractivity contribution in [2.45, 2.75) is 62.5 Å². The van der Waals surface area contributed by atoms with Crippen LogP contribution < -0.4 is 4.72 Å². The van der Waals surface area contributed by atoms with Crippen molar-refractivity contribution in [1.82, 2.24) is 4.72 Å². The van der Waals surface area contributed by atoms with Crippen LogP contribution in [-0.4, -0.2) is 15.0 Å². The molecule has 0 fully saturated rings. The highest BCUT2D eigenvalue weighted by Crippen LogP contribution is 2.34. The highest BCUT2D eigenvalue weighted by molar-refractivity contribution is 9.11. The zero-order valence-corrected chi connectivity index (χ0v) is 16.3. The first-order chi connectivity index (χ1) is 9.97. The summed E-state index contributed by atoms with van der Waals surface area (Å²) in [5.41, 5.74) is 0. The molecular weight excluding hydrogens is 394 g/mol. The van der Waals surface area contributed by atoms with Crippen molar-refractivity contribution in [1.29, 1.82) is 0 Å². The van der Waals surface area contributed by atoms with Gasteiger partial charge in [-0.1, -0.05) is 63.5 Å². The summed E-state index contributed by atoms with van der Waals surface area (Å²) in [7, 11) is -3.41. The standard InChI is InChI=1S/C14H23BrClNO2S2/c1-2-3-4-5-6-7-8-9-10-17-21(18,19)13-11-12(16)14(15)20-13/h11,17H,2-10H2,1H3. The van der Waals surface area contributed by atoms with Gasteiger partial charge < -0.3 is 0 Å². The van der Waals surface area contributed by atoms with Crippen LogP contribution in [0.1, 0.15) is 58.3 Å². The average molecular weight is 417 g/mol. The summed E-state index contributed by atoms with van der Waals surface area (Å²) in [5.74, 6) is 0. The van der Waals surface area contributed by atoms with E-state index in [9.17, 15) is 8.42 Å². The molecule has 7 heteroatoms. The van der Waals surface area contributed by atoms with Crippen LogP contribution in [0.4, 0.5) is 0 Å². The van der Waals surface area contributed by atoms with Gasteiger partial charge in [-0.25, -0.2) is 13.1 Å². The maximum atomic E-state index is 12.0. The van der Waals surface area contributed by atoms with Gasteiger partial charge in [-0.05, 0) is 28.4 Å². The van der Waals surface area contributed by atoms with E-state index >= 15 is 0 Å². The van der Waals surface area contributed by atoms with E-state index in [1.807, 2.05) is 0 Å². The van der Waals surface area contributed by atoms with E-state index in [1.54, 1.807) is 0 Å². The monoisotopic (exact) mass is 415 g/mol. The minimum absolute atomic E-state index is 0.263. The van der Waals surface area contributed by atoms with Gasteiger partial charge in [0.2, 0.25) is 10.0 Å². The highest BCUT2D eigenvalue weighted by atomic mass is 79.9. The molecule has 1 aromatic rings. The predicted molar refractivity (Wildman–Crippen MR) is 94.8 cm³/mol. The molecule has 0 radical (unpaired) electrons. The van der Waals surface area contributed by atoms with Gasteiger partial charge in [0.15, 0.2) is 0 Å². The lowest BCUT2D eigenvalue weighted by atomic mass is 10.1. The van der Waals surface area contributed by atoms with Gasteiger partial charge >= 0.3 is 0 Å². The molecule has 122 valence electrons. The molecule has 1 heterocycles. The molecule has 0 bridgehead atoms. The zero-order chi connectivity index (χ0) is 15.7. The van der Waals surface area contributed by atoms with Crippen LogP contribution in [-0.2, 0) is 10.0 Å². The molecule has 0 unspecified atom stereocenters. The minimum atomic E-state index is -3.41. The predicted octanol–water partition coefficient (Wildman–Crippen LogP) is 5.58. The first kappa shape index (κ1) is 19.4. The number of nitrogens with one attached hydrogen (secondary N) is 1. The van der Waals surface area contributed by atoms with Gasteiger partial charge in [0.25, 0.3) is 0 Å². The number of rotatable bonds is 11. The van der Waals surface area contributed by atoms with E-state index in [1.165, 1.54) is 44.6 Å². The molecule has 0 aliphatic carbocycles. The first-order valence-electron chi connectivity index (χ1n) is 7.42. The summed E-state index contributed by atoms with van der Waals surface area (Å²) in [6, 6.07) is 1.48. The number of halogens is 2. The van der Waals surface area contributed by atoms with Crippen LogP contribution in [0, 0.1) is 0 Å². The molecular formula is C14H23BrClNO2S2. The lowest BCUT2D eigenvalue weighted by molar-refractivity contribution is 0.560. The largest absolute Gasteiger partial charge is 0.250 e. The van der Waals surface area contributed by atoms with Crippen LogP contribution in [0.25, 0.3) is 0 Å². The van der Waals surface area contributed by atoms with Crippen LogP contribution in [0.2, 0.25) is 5.02 Å². The minimum Gasteiger partial charge on any atom is -0.210 e. The molecule has 0 saturated carbocycles. The number of hydrogen-bond acceptors (Lipinski definition) is 3. The second kappa shape index (κ2) is 10.2. The Hall–Kier alpha value is 0.380. The van der Waals surface area contributed by atoms with Crippen LogP contribution >= 0.6 is 38.9 Å². The van der Waals surface area contributed by atoms with E-state index in [0.717, 1.165) is 24.2 Å². The number of thiophene rings is 1. The Kier molecular flexibility index (Phi) is 9.45. The molecule has 0 saturated heterocycles.